The zero-order valence-corrected chi connectivity index (χ0v) is 11.1. The average molecular weight is 318 g/mol. The van der Waals surface area contributed by atoms with E-state index < -0.39 is 57.1 Å². The summed E-state index contributed by atoms with van der Waals surface area (Å²) in [5, 5.41) is 1.89. The highest BCUT2D eigenvalue weighted by Crippen LogP contribution is 2.26. The molecule has 1 rings (SSSR count). The third-order valence-electron chi connectivity index (χ3n) is 2.25. The van der Waals surface area contributed by atoms with Crippen LogP contribution in [0.1, 0.15) is 6.92 Å². The molecule has 0 amide bonds. The van der Waals surface area contributed by atoms with E-state index in [9.17, 15) is 30.4 Å². The van der Waals surface area contributed by atoms with Gasteiger partial charge in [0.05, 0.1) is 5.75 Å². The number of hydrogen-bond acceptors (Lipinski definition) is 3. The van der Waals surface area contributed by atoms with Gasteiger partial charge < -0.3 is 5.32 Å². The maximum Gasteiger partial charge on any atom is 0.213 e. The van der Waals surface area contributed by atoms with Crippen molar-refractivity contribution in [1.82, 2.24) is 4.72 Å². The third-order valence-corrected chi connectivity index (χ3v) is 3.72. The highest BCUT2D eigenvalue weighted by molar-refractivity contribution is 7.89. The Balaban J connectivity index is 2.90. The molecule has 0 aliphatic carbocycles. The summed E-state index contributed by atoms with van der Waals surface area (Å²) in [4.78, 5) is 0. The number of benzene rings is 1. The molecule has 0 aliphatic heterocycles. The van der Waals surface area contributed by atoms with Gasteiger partial charge in [0.25, 0.3) is 0 Å². The van der Waals surface area contributed by atoms with Crippen LogP contribution in [0.25, 0.3) is 0 Å². The second-order valence-electron chi connectivity index (χ2n) is 3.69. The molecule has 4 nitrogen and oxygen atoms in total. The van der Waals surface area contributed by atoms with Crippen LogP contribution in [0.15, 0.2) is 0 Å². The van der Waals surface area contributed by atoms with Gasteiger partial charge in [0.2, 0.25) is 15.8 Å². The summed E-state index contributed by atoms with van der Waals surface area (Å²) in [7, 11) is -3.67. The van der Waals surface area contributed by atoms with E-state index in [2.05, 4.69) is 4.72 Å². The van der Waals surface area contributed by atoms with E-state index in [0.717, 1.165) is 0 Å². The number of hydrogen-bond donors (Lipinski definition) is 2. The first-order valence-electron chi connectivity index (χ1n) is 5.44. The minimum absolute atomic E-state index is 0.116. The first-order chi connectivity index (χ1) is 9.21. The van der Waals surface area contributed by atoms with Gasteiger partial charge in [0.1, 0.15) is 5.69 Å². The topological polar surface area (TPSA) is 58.2 Å². The lowest BCUT2D eigenvalue weighted by Gasteiger charge is -2.11. The Hall–Kier alpha value is -1.42. The molecule has 20 heavy (non-hydrogen) atoms. The predicted octanol–water partition coefficient (Wildman–Crippen LogP) is 1.73. The quantitative estimate of drug-likeness (QED) is 0.477. The largest absolute Gasteiger partial charge is 0.379 e. The van der Waals surface area contributed by atoms with Crippen LogP contribution in [0.2, 0.25) is 0 Å². The van der Waals surface area contributed by atoms with Crippen LogP contribution in [0.5, 0.6) is 0 Å². The number of rotatable bonds is 6. The summed E-state index contributed by atoms with van der Waals surface area (Å²) in [6, 6.07) is 0. The summed E-state index contributed by atoms with van der Waals surface area (Å²) in [5.41, 5.74) is -1.26. The molecule has 0 radical (unpaired) electrons. The summed E-state index contributed by atoms with van der Waals surface area (Å²) in [6.07, 6.45) is 0. The second-order valence-corrected chi connectivity index (χ2v) is 5.61. The second kappa shape index (κ2) is 6.35. The van der Waals surface area contributed by atoms with Crippen molar-refractivity contribution in [2.24, 2.45) is 0 Å². The maximum atomic E-state index is 13.2. The van der Waals surface area contributed by atoms with Gasteiger partial charge in [-0.25, -0.2) is 35.1 Å². The molecule has 0 atom stereocenters. The fraction of sp³-hybridized carbons (Fsp3) is 0.400. The Kier molecular flexibility index (Phi) is 5.28. The molecule has 10 heteroatoms. The number of halogens is 5. The van der Waals surface area contributed by atoms with Crippen LogP contribution in [0.3, 0.4) is 0 Å². The standard InChI is InChI=1S/C10H11F5N2O2S/c1-2-17-20(18,19)4-3-16-10-8(14)6(12)5(11)7(13)9(10)15/h16-17H,2-4H2,1H3. The zero-order chi connectivity index (χ0) is 15.5. The molecule has 0 spiro atoms. The van der Waals surface area contributed by atoms with E-state index in [0.29, 0.717) is 0 Å². The summed E-state index contributed by atoms with van der Waals surface area (Å²) in [5.74, 6) is -11.1. The van der Waals surface area contributed by atoms with Crippen LogP contribution in [-0.2, 0) is 10.0 Å². The number of nitrogens with one attached hydrogen (secondary N) is 2. The molecule has 114 valence electrons. The van der Waals surface area contributed by atoms with E-state index >= 15 is 0 Å². The Bertz CT molecular complexity index is 577. The molecule has 0 aliphatic rings. The van der Waals surface area contributed by atoms with Crippen molar-refractivity contribution >= 4 is 15.7 Å². The minimum Gasteiger partial charge on any atom is -0.379 e. The maximum absolute atomic E-state index is 13.2. The van der Waals surface area contributed by atoms with Crippen molar-refractivity contribution < 1.29 is 30.4 Å². The molecule has 0 aromatic heterocycles. The highest BCUT2D eigenvalue weighted by atomic mass is 32.2. The summed E-state index contributed by atoms with van der Waals surface area (Å²) in [6.45, 7) is 1.12. The summed E-state index contributed by atoms with van der Waals surface area (Å²) >= 11 is 0. The van der Waals surface area contributed by atoms with Crippen LogP contribution in [0, 0.1) is 29.1 Å². The highest BCUT2D eigenvalue weighted by Gasteiger charge is 2.25. The molecule has 0 saturated heterocycles. The van der Waals surface area contributed by atoms with Crippen molar-refractivity contribution in [1.29, 1.82) is 0 Å². The van der Waals surface area contributed by atoms with E-state index in [1.807, 2.05) is 5.32 Å². The molecule has 0 heterocycles. The van der Waals surface area contributed by atoms with Gasteiger partial charge in [-0.3, -0.25) is 0 Å². The smallest absolute Gasteiger partial charge is 0.213 e. The van der Waals surface area contributed by atoms with Crippen molar-refractivity contribution in [2.45, 2.75) is 6.92 Å². The van der Waals surface area contributed by atoms with Crippen LogP contribution in [-0.4, -0.2) is 27.3 Å². The SMILES string of the molecule is CCNS(=O)(=O)CCNc1c(F)c(F)c(F)c(F)c1F. The minimum atomic E-state index is -3.67. The van der Waals surface area contributed by atoms with Gasteiger partial charge in [-0.1, -0.05) is 6.92 Å². The molecule has 0 bridgehead atoms. The van der Waals surface area contributed by atoms with Crippen molar-refractivity contribution in [3.63, 3.8) is 0 Å². The van der Waals surface area contributed by atoms with Crippen molar-refractivity contribution in [3.8, 4) is 0 Å². The van der Waals surface area contributed by atoms with E-state index in [4.69, 9.17) is 0 Å². The van der Waals surface area contributed by atoms with Gasteiger partial charge in [0.15, 0.2) is 23.3 Å². The fourth-order valence-corrected chi connectivity index (χ4v) is 2.32. The number of anilines is 1. The molecular weight excluding hydrogens is 307 g/mol. The third kappa shape index (κ3) is 3.57. The predicted molar refractivity (Wildman–Crippen MR) is 62.2 cm³/mol. The van der Waals surface area contributed by atoms with E-state index in [1.54, 1.807) is 0 Å². The average Bonchev–Trinajstić information content (AvgIpc) is 2.38. The molecule has 2 N–H and O–H groups in total. The molecule has 1 aromatic rings. The Labute approximate surface area is 112 Å². The van der Waals surface area contributed by atoms with E-state index in [-0.39, 0.29) is 6.54 Å². The van der Waals surface area contributed by atoms with Gasteiger partial charge >= 0.3 is 0 Å². The Morgan fingerprint density at radius 2 is 1.35 bits per heavy atom. The van der Waals surface area contributed by atoms with Gasteiger partial charge in [-0.15, -0.1) is 0 Å². The summed E-state index contributed by atoms with van der Waals surface area (Å²) < 4.78 is 89.5. The van der Waals surface area contributed by atoms with Crippen LogP contribution < -0.4 is 10.0 Å². The lowest BCUT2D eigenvalue weighted by Crippen LogP contribution is -2.29. The zero-order valence-electron chi connectivity index (χ0n) is 10.2. The van der Waals surface area contributed by atoms with Gasteiger partial charge in [-0.05, 0) is 0 Å². The van der Waals surface area contributed by atoms with Crippen molar-refractivity contribution in [2.75, 3.05) is 24.2 Å². The first kappa shape index (κ1) is 16.6. The first-order valence-corrected chi connectivity index (χ1v) is 7.09. The number of sulfonamides is 1. The molecule has 0 saturated carbocycles. The monoisotopic (exact) mass is 318 g/mol. The Morgan fingerprint density at radius 1 is 0.900 bits per heavy atom. The lowest BCUT2D eigenvalue weighted by atomic mass is 10.2. The molecule has 1 aromatic carbocycles. The fourth-order valence-electron chi connectivity index (χ4n) is 1.36. The lowest BCUT2D eigenvalue weighted by molar-refractivity contribution is 0.381. The normalized spacial score (nSPS) is 11.7. The Morgan fingerprint density at radius 3 is 1.80 bits per heavy atom. The molecule has 0 fully saturated rings. The molecule has 0 unspecified atom stereocenters. The molecular formula is C10H11F5N2O2S. The van der Waals surface area contributed by atoms with Gasteiger partial charge in [-0.2, -0.15) is 0 Å². The van der Waals surface area contributed by atoms with E-state index in [1.165, 1.54) is 6.92 Å². The van der Waals surface area contributed by atoms with Crippen LogP contribution >= 0.6 is 0 Å². The van der Waals surface area contributed by atoms with Crippen LogP contribution in [0.4, 0.5) is 27.6 Å². The van der Waals surface area contributed by atoms with Gasteiger partial charge in [0, 0.05) is 13.1 Å². The van der Waals surface area contributed by atoms with Crippen molar-refractivity contribution in [3.05, 3.63) is 29.1 Å².